The van der Waals surface area contributed by atoms with Crippen molar-refractivity contribution in [2.24, 2.45) is 0 Å². The van der Waals surface area contributed by atoms with Crippen LogP contribution in [0.1, 0.15) is 57.9 Å². The van der Waals surface area contributed by atoms with E-state index in [4.69, 9.17) is 9.31 Å². The van der Waals surface area contributed by atoms with Crippen LogP contribution < -0.4 is 4.90 Å². The van der Waals surface area contributed by atoms with Gasteiger partial charge in [0.2, 0.25) is 0 Å². The number of benzene rings is 2. The minimum Gasteiger partial charge on any atom is -0.411 e. The van der Waals surface area contributed by atoms with Crippen LogP contribution in [0.25, 0.3) is 0 Å². The Balaban J connectivity index is 0.000000248. The summed E-state index contributed by atoms with van der Waals surface area (Å²) in [5.41, 5.74) is 2.14. The number of aliphatic hydroxyl groups is 1. The average molecular weight is 425 g/mol. The Labute approximate surface area is 189 Å². The van der Waals surface area contributed by atoms with Crippen molar-refractivity contribution in [2.75, 3.05) is 31.3 Å². The van der Waals surface area contributed by atoms with Crippen LogP contribution in [-0.2, 0) is 14.8 Å². The van der Waals surface area contributed by atoms with Crippen molar-refractivity contribution in [3.8, 4) is 0 Å². The van der Waals surface area contributed by atoms with Gasteiger partial charge in [-0.2, -0.15) is 0 Å². The van der Waals surface area contributed by atoms with Gasteiger partial charge in [-0.25, -0.2) is 0 Å². The van der Waals surface area contributed by atoms with Gasteiger partial charge in [0.05, 0.1) is 12.1 Å². The highest BCUT2D eigenvalue weighted by Gasteiger charge is 2.41. The molecule has 0 aromatic heterocycles. The summed E-state index contributed by atoms with van der Waals surface area (Å²) in [6.45, 7) is 9.09. The Kier molecular flexibility index (Phi) is 11.7. The van der Waals surface area contributed by atoms with Gasteiger partial charge in [0.15, 0.2) is 0 Å². The Morgan fingerprint density at radius 3 is 1.97 bits per heavy atom. The van der Waals surface area contributed by atoms with E-state index in [-0.39, 0.29) is 19.3 Å². The van der Waals surface area contributed by atoms with Gasteiger partial charge in [-0.1, -0.05) is 75.2 Å². The van der Waals surface area contributed by atoms with Crippen molar-refractivity contribution in [3.05, 3.63) is 66.2 Å². The van der Waals surface area contributed by atoms with Gasteiger partial charge in [0, 0.05) is 25.4 Å². The molecule has 1 saturated heterocycles. The van der Waals surface area contributed by atoms with E-state index >= 15 is 0 Å². The molecule has 3 rings (SSSR count). The van der Waals surface area contributed by atoms with Gasteiger partial charge in [0.1, 0.15) is 0 Å². The van der Waals surface area contributed by atoms with E-state index in [1.54, 1.807) is 0 Å². The third-order valence-corrected chi connectivity index (χ3v) is 5.83. The second-order valence-corrected chi connectivity index (χ2v) is 8.16. The zero-order valence-electron chi connectivity index (χ0n) is 19.6. The first-order valence-corrected chi connectivity index (χ1v) is 11.9. The third-order valence-electron chi connectivity index (χ3n) is 5.83. The second kappa shape index (κ2) is 14.3. The van der Waals surface area contributed by atoms with E-state index in [0.29, 0.717) is 0 Å². The first kappa shape index (κ1) is 25.4. The fraction of sp³-hybridized carbons (Fsp3) is 0.538. The zero-order valence-corrected chi connectivity index (χ0v) is 19.6. The lowest BCUT2D eigenvalue weighted by atomic mass is 9.87. The van der Waals surface area contributed by atoms with E-state index < -0.39 is 0 Å². The van der Waals surface area contributed by atoms with Crippen LogP contribution in [-0.4, -0.2) is 38.6 Å². The summed E-state index contributed by atoms with van der Waals surface area (Å²) in [6.07, 6.45) is 6.74. The van der Waals surface area contributed by atoms with Crippen molar-refractivity contribution in [1.29, 1.82) is 0 Å². The molecule has 0 amide bonds. The summed E-state index contributed by atoms with van der Waals surface area (Å²) in [4.78, 5) is 2.35. The predicted molar refractivity (Wildman–Crippen MR) is 132 cm³/mol. The second-order valence-electron chi connectivity index (χ2n) is 8.16. The number of aliphatic hydroxyl groups excluding tert-OH is 1. The summed E-state index contributed by atoms with van der Waals surface area (Å²) >= 11 is 0. The largest absolute Gasteiger partial charge is 0.453 e. The molecule has 2 aromatic carbocycles. The van der Waals surface area contributed by atoms with Crippen LogP contribution in [0.15, 0.2) is 60.7 Å². The third kappa shape index (κ3) is 7.67. The van der Waals surface area contributed by atoms with Gasteiger partial charge < -0.3 is 19.3 Å². The lowest BCUT2D eigenvalue weighted by molar-refractivity contribution is 0.197. The van der Waals surface area contributed by atoms with Crippen molar-refractivity contribution in [3.63, 3.8) is 0 Å². The Morgan fingerprint density at radius 1 is 0.903 bits per heavy atom. The lowest BCUT2D eigenvalue weighted by Crippen LogP contribution is -2.44. The average Bonchev–Trinajstić information content (AvgIpc) is 3.26. The van der Waals surface area contributed by atoms with E-state index in [9.17, 15) is 5.11 Å². The molecule has 1 atom stereocenters. The minimum atomic E-state index is -0.261. The Morgan fingerprint density at radius 2 is 1.45 bits per heavy atom. The molecule has 1 aliphatic heterocycles. The maximum Gasteiger partial charge on any atom is 0.453 e. The molecule has 1 fully saturated rings. The lowest BCUT2D eigenvalue weighted by Gasteiger charge is -2.39. The fourth-order valence-corrected chi connectivity index (χ4v) is 4.00. The number of rotatable bonds is 11. The molecule has 1 heterocycles. The van der Waals surface area contributed by atoms with Crippen LogP contribution in [0.2, 0.25) is 6.82 Å². The number of para-hydroxylation sites is 1. The number of hydrogen-bond acceptors (Lipinski definition) is 4. The number of nitrogens with zero attached hydrogens (tertiary/aromatic N) is 1. The van der Waals surface area contributed by atoms with Crippen molar-refractivity contribution in [2.45, 2.75) is 64.7 Å². The molecule has 0 saturated carbocycles. The molecule has 0 radical (unpaired) electrons. The smallest absolute Gasteiger partial charge is 0.411 e. The van der Waals surface area contributed by atoms with Gasteiger partial charge in [-0.05, 0) is 50.2 Å². The van der Waals surface area contributed by atoms with Gasteiger partial charge in [-0.3, -0.25) is 0 Å². The minimum absolute atomic E-state index is 0.0249. The van der Waals surface area contributed by atoms with E-state index in [1.807, 2.05) is 31.1 Å². The highest BCUT2D eigenvalue weighted by atomic mass is 16.6. The van der Waals surface area contributed by atoms with E-state index in [2.05, 4.69) is 55.1 Å². The highest BCUT2D eigenvalue weighted by molar-refractivity contribution is 6.42. The molecule has 31 heavy (non-hydrogen) atoms. The quantitative estimate of drug-likeness (QED) is 0.359. The maximum atomic E-state index is 10.1. The standard InChI is InChI=1S/C17H19NO.C9H21BO2/c19-14-17(15-8-3-1-4-9-15)12-7-13-18(17)16-10-5-2-6-11-16;1-4-6-8-11-10(3)12-9-7-5-2/h1-6,8-11,19H,7,12-14H2;4-9H2,1-3H3/t17-;/m1./s1. The van der Waals surface area contributed by atoms with Crippen molar-refractivity contribution >= 4 is 12.8 Å². The number of hydrogen-bond donors (Lipinski definition) is 1. The Hall–Kier alpha value is -1.82. The Bertz CT molecular complexity index is 690. The number of unbranched alkanes of at least 4 members (excludes halogenated alkanes) is 2. The highest BCUT2D eigenvalue weighted by Crippen LogP contribution is 2.41. The first-order valence-electron chi connectivity index (χ1n) is 11.9. The van der Waals surface area contributed by atoms with Crippen LogP contribution in [0.3, 0.4) is 0 Å². The van der Waals surface area contributed by atoms with Crippen LogP contribution in [0.4, 0.5) is 5.69 Å². The van der Waals surface area contributed by atoms with Crippen LogP contribution in [0.5, 0.6) is 0 Å². The molecule has 0 bridgehead atoms. The van der Waals surface area contributed by atoms with Crippen molar-refractivity contribution in [1.82, 2.24) is 0 Å². The van der Waals surface area contributed by atoms with Gasteiger partial charge in [-0.15, -0.1) is 0 Å². The fourth-order valence-electron chi connectivity index (χ4n) is 4.00. The van der Waals surface area contributed by atoms with Gasteiger partial charge in [0.25, 0.3) is 0 Å². The molecule has 0 aliphatic carbocycles. The SMILES string of the molecule is CCCCOB(C)OCCCC.OC[C@@]1(c2ccccc2)CCCN1c1ccccc1. The van der Waals surface area contributed by atoms with Gasteiger partial charge >= 0.3 is 7.12 Å². The molecule has 0 spiro atoms. The normalized spacial score (nSPS) is 17.9. The number of anilines is 1. The van der Waals surface area contributed by atoms with Crippen molar-refractivity contribution < 1.29 is 14.4 Å². The molecular weight excluding hydrogens is 385 g/mol. The maximum absolute atomic E-state index is 10.1. The molecule has 2 aromatic rings. The summed E-state index contributed by atoms with van der Waals surface area (Å²) < 4.78 is 10.8. The first-order chi connectivity index (χ1) is 15.2. The summed E-state index contributed by atoms with van der Waals surface area (Å²) in [5.74, 6) is 0. The molecule has 5 heteroatoms. The van der Waals surface area contributed by atoms with Crippen LogP contribution in [0, 0.1) is 0 Å². The summed E-state index contributed by atoms with van der Waals surface area (Å²) in [7, 11) is -0.0249. The molecule has 4 nitrogen and oxygen atoms in total. The molecule has 1 N–H and O–H groups in total. The zero-order chi connectivity index (χ0) is 22.4. The molecule has 170 valence electrons. The molecule has 1 aliphatic rings. The van der Waals surface area contributed by atoms with Crippen LogP contribution >= 0.6 is 0 Å². The predicted octanol–water partition coefficient (Wildman–Crippen LogP) is 5.91. The monoisotopic (exact) mass is 425 g/mol. The van der Waals surface area contributed by atoms with E-state index in [1.165, 1.54) is 24.1 Å². The molecular formula is C26H40BNO3. The molecule has 0 unspecified atom stereocenters. The topological polar surface area (TPSA) is 41.9 Å². The summed E-state index contributed by atoms with van der Waals surface area (Å²) in [5, 5.41) is 10.1. The van der Waals surface area contributed by atoms with E-state index in [0.717, 1.165) is 45.4 Å². The summed E-state index contributed by atoms with van der Waals surface area (Å²) in [6, 6.07) is 20.8.